The number of carbonyl (C=O) groups is 1. The minimum absolute atomic E-state index is 0.225. The molecule has 5 heteroatoms. The van der Waals surface area contributed by atoms with E-state index < -0.39 is 18.0 Å². The third kappa shape index (κ3) is 2.18. The van der Waals surface area contributed by atoms with Gasteiger partial charge in [0.25, 0.3) is 0 Å². The van der Waals surface area contributed by atoms with Crippen molar-refractivity contribution in [1.82, 2.24) is 0 Å². The predicted octanol–water partition coefficient (Wildman–Crippen LogP) is 0.556. The van der Waals surface area contributed by atoms with Crippen molar-refractivity contribution in [1.29, 1.82) is 5.26 Å². The standard InChI is InChI=1S/C10H8FNO3/c11-9-6(5-13)2-1-3-7(9)10(15)8(14)4-12/h1-3,5,8,10,14-15H. The van der Waals surface area contributed by atoms with E-state index in [9.17, 15) is 14.3 Å². The van der Waals surface area contributed by atoms with Crippen molar-refractivity contribution in [3.05, 3.63) is 35.1 Å². The first-order chi connectivity index (χ1) is 7.11. The molecule has 0 spiro atoms. The average Bonchev–Trinajstić information content (AvgIpc) is 2.27. The van der Waals surface area contributed by atoms with E-state index in [0.717, 1.165) is 0 Å². The molecule has 0 fully saturated rings. The Bertz CT molecular complexity index is 414. The topological polar surface area (TPSA) is 81.3 Å². The molecular weight excluding hydrogens is 201 g/mol. The SMILES string of the molecule is N#CC(O)C(O)c1cccc(C=O)c1F. The summed E-state index contributed by atoms with van der Waals surface area (Å²) in [5.41, 5.74) is -0.495. The van der Waals surface area contributed by atoms with Gasteiger partial charge < -0.3 is 10.2 Å². The Balaban J connectivity index is 3.16. The van der Waals surface area contributed by atoms with Crippen molar-refractivity contribution in [2.45, 2.75) is 12.2 Å². The summed E-state index contributed by atoms with van der Waals surface area (Å²) in [4.78, 5) is 10.4. The molecule has 0 saturated carbocycles. The van der Waals surface area contributed by atoms with Gasteiger partial charge in [-0.05, 0) is 6.07 Å². The highest BCUT2D eigenvalue weighted by Gasteiger charge is 2.22. The number of aldehydes is 1. The summed E-state index contributed by atoms with van der Waals surface area (Å²) in [6.07, 6.45) is -3.08. The third-order valence-corrected chi connectivity index (χ3v) is 1.94. The summed E-state index contributed by atoms with van der Waals surface area (Å²) in [7, 11) is 0. The summed E-state index contributed by atoms with van der Waals surface area (Å²) < 4.78 is 13.4. The quantitative estimate of drug-likeness (QED) is 0.562. The van der Waals surface area contributed by atoms with Crippen LogP contribution in [0, 0.1) is 17.1 Å². The lowest BCUT2D eigenvalue weighted by Crippen LogP contribution is -2.17. The fraction of sp³-hybridized carbons (Fsp3) is 0.200. The Morgan fingerprint density at radius 2 is 2.13 bits per heavy atom. The Hall–Kier alpha value is -1.77. The van der Waals surface area contributed by atoms with Gasteiger partial charge in [0.05, 0.1) is 11.6 Å². The molecule has 0 radical (unpaired) electrons. The number of aliphatic hydroxyl groups excluding tert-OH is 2. The van der Waals surface area contributed by atoms with Crippen LogP contribution in [-0.4, -0.2) is 22.6 Å². The normalized spacial score (nSPS) is 14.0. The zero-order valence-electron chi connectivity index (χ0n) is 7.59. The largest absolute Gasteiger partial charge is 0.384 e. The molecule has 0 aliphatic carbocycles. The van der Waals surface area contributed by atoms with Crippen LogP contribution in [0.25, 0.3) is 0 Å². The second kappa shape index (κ2) is 4.64. The minimum Gasteiger partial charge on any atom is -0.384 e. The van der Waals surface area contributed by atoms with Gasteiger partial charge in [0.1, 0.15) is 11.9 Å². The summed E-state index contributed by atoms with van der Waals surface area (Å²) in [6, 6.07) is 5.17. The number of hydrogen-bond donors (Lipinski definition) is 2. The molecule has 0 aromatic heterocycles. The van der Waals surface area contributed by atoms with E-state index in [-0.39, 0.29) is 11.1 Å². The molecule has 1 aromatic rings. The van der Waals surface area contributed by atoms with E-state index in [4.69, 9.17) is 10.4 Å². The molecule has 2 atom stereocenters. The lowest BCUT2D eigenvalue weighted by Gasteiger charge is -2.13. The van der Waals surface area contributed by atoms with Crippen LogP contribution in [0.2, 0.25) is 0 Å². The molecule has 4 nitrogen and oxygen atoms in total. The maximum absolute atomic E-state index is 13.4. The van der Waals surface area contributed by atoms with Gasteiger partial charge in [0.15, 0.2) is 12.4 Å². The lowest BCUT2D eigenvalue weighted by atomic mass is 10.0. The number of carbonyl (C=O) groups excluding carboxylic acids is 1. The average molecular weight is 209 g/mol. The first-order valence-corrected chi connectivity index (χ1v) is 4.11. The van der Waals surface area contributed by atoms with Crippen LogP contribution in [-0.2, 0) is 0 Å². The molecule has 1 aromatic carbocycles. The minimum atomic E-state index is -1.72. The van der Waals surface area contributed by atoms with Crippen molar-refractivity contribution in [2.75, 3.05) is 0 Å². The third-order valence-electron chi connectivity index (χ3n) is 1.94. The van der Waals surface area contributed by atoms with E-state index in [1.165, 1.54) is 24.3 Å². The summed E-state index contributed by atoms with van der Waals surface area (Å²) in [6.45, 7) is 0. The van der Waals surface area contributed by atoms with Crippen molar-refractivity contribution in [2.24, 2.45) is 0 Å². The molecule has 2 N–H and O–H groups in total. The Morgan fingerprint density at radius 1 is 1.47 bits per heavy atom. The van der Waals surface area contributed by atoms with E-state index in [0.29, 0.717) is 6.29 Å². The molecular formula is C10H8FNO3. The van der Waals surface area contributed by atoms with Gasteiger partial charge in [0.2, 0.25) is 0 Å². The number of hydrogen-bond acceptors (Lipinski definition) is 4. The molecule has 0 aliphatic heterocycles. The van der Waals surface area contributed by atoms with Gasteiger partial charge in [-0.25, -0.2) is 4.39 Å². The van der Waals surface area contributed by atoms with E-state index in [2.05, 4.69) is 0 Å². The molecule has 0 aliphatic rings. The van der Waals surface area contributed by atoms with Crippen molar-refractivity contribution in [3.63, 3.8) is 0 Å². The number of rotatable bonds is 3. The Morgan fingerprint density at radius 3 is 2.67 bits per heavy atom. The van der Waals surface area contributed by atoms with Crippen LogP contribution in [0.5, 0.6) is 0 Å². The zero-order chi connectivity index (χ0) is 11.4. The predicted molar refractivity (Wildman–Crippen MR) is 48.4 cm³/mol. The van der Waals surface area contributed by atoms with Crippen LogP contribution >= 0.6 is 0 Å². The number of nitrogens with zero attached hydrogens (tertiary/aromatic N) is 1. The van der Waals surface area contributed by atoms with E-state index in [1.54, 1.807) is 0 Å². The van der Waals surface area contributed by atoms with Gasteiger partial charge in [-0.15, -0.1) is 0 Å². The van der Waals surface area contributed by atoms with Crippen molar-refractivity contribution in [3.8, 4) is 6.07 Å². The summed E-state index contributed by atoms with van der Waals surface area (Å²) >= 11 is 0. The van der Waals surface area contributed by atoms with Gasteiger partial charge in [0, 0.05) is 5.56 Å². The van der Waals surface area contributed by atoms with Gasteiger partial charge in [-0.2, -0.15) is 5.26 Å². The lowest BCUT2D eigenvalue weighted by molar-refractivity contribution is 0.0502. The second-order valence-electron chi connectivity index (χ2n) is 2.89. The molecule has 0 bridgehead atoms. The first kappa shape index (κ1) is 11.3. The van der Waals surface area contributed by atoms with Gasteiger partial charge >= 0.3 is 0 Å². The van der Waals surface area contributed by atoms with Crippen LogP contribution in [0.4, 0.5) is 4.39 Å². The maximum atomic E-state index is 13.4. The Kier molecular flexibility index (Phi) is 3.50. The molecule has 0 heterocycles. The van der Waals surface area contributed by atoms with Gasteiger partial charge in [-0.3, -0.25) is 4.79 Å². The van der Waals surface area contributed by atoms with E-state index in [1.807, 2.05) is 0 Å². The molecule has 0 amide bonds. The number of halogens is 1. The highest BCUT2D eigenvalue weighted by atomic mass is 19.1. The second-order valence-corrected chi connectivity index (χ2v) is 2.89. The number of aliphatic hydroxyl groups is 2. The highest BCUT2D eigenvalue weighted by molar-refractivity contribution is 5.75. The van der Waals surface area contributed by atoms with Crippen LogP contribution in [0.3, 0.4) is 0 Å². The summed E-state index contributed by atoms with van der Waals surface area (Å²) in [5.74, 6) is -0.922. The zero-order valence-corrected chi connectivity index (χ0v) is 7.59. The smallest absolute Gasteiger partial charge is 0.170 e. The van der Waals surface area contributed by atoms with Crippen molar-refractivity contribution < 1.29 is 19.4 Å². The van der Waals surface area contributed by atoms with Crippen LogP contribution in [0.15, 0.2) is 18.2 Å². The fourth-order valence-electron chi connectivity index (χ4n) is 1.13. The first-order valence-electron chi connectivity index (χ1n) is 4.11. The monoisotopic (exact) mass is 209 g/mol. The fourth-order valence-corrected chi connectivity index (χ4v) is 1.13. The molecule has 1 rings (SSSR count). The summed E-state index contributed by atoms with van der Waals surface area (Å²) in [5, 5.41) is 26.7. The maximum Gasteiger partial charge on any atom is 0.170 e. The van der Waals surface area contributed by atoms with Crippen molar-refractivity contribution >= 4 is 6.29 Å². The molecule has 2 unspecified atom stereocenters. The number of benzene rings is 1. The van der Waals surface area contributed by atoms with Crippen LogP contribution in [0.1, 0.15) is 22.0 Å². The Labute approximate surface area is 85.2 Å². The molecule has 78 valence electrons. The van der Waals surface area contributed by atoms with Crippen LogP contribution < -0.4 is 0 Å². The molecule has 0 saturated heterocycles. The number of nitriles is 1. The van der Waals surface area contributed by atoms with Gasteiger partial charge in [-0.1, -0.05) is 12.1 Å². The highest BCUT2D eigenvalue weighted by Crippen LogP contribution is 2.21. The molecule has 15 heavy (non-hydrogen) atoms. The van der Waals surface area contributed by atoms with E-state index >= 15 is 0 Å².